The van der Waals surface area contributed by atoms with Gasteiger partial charge in [-0.2, -0.15) is 0 Å². The topological polar surface area (TPSA) is 230 Å². The number of ether oxygens (including phenoxy) is 2. The van der Waals surface area contributed by atoms with Crippen molar-refractivity contribution in [1.29, 1.82) is 0 Å². The molecule has 0 heterocycles. The second-order valence-electron chi connectivity index (χ2n) is 15.4. The first-order valence-electron chi connectivity index (χ1n) is 22.5. The Balaban J connectivity index is 2.60. The number of rotatable bonds is 35. The Labute approximate surface area is 370 Å². The summed E-state index contributed by atoms with van der Waals surface area (Å²) < 4.78 is 33.3. The van der Waals surface area contributed by atoms with Gasteiger partial charge in [0.25, 0.3) is 0 Å². The van der Waals surface area contributed by atoms with Crippen LogP contribution < -0.4 is 0 Å². The first-order chi connectivity index (χ1) is 29.8. The molecule has 1 aliphatic carbocycles. The number of hydrogen-bond acceptors (Lipinski definition) is 13. The van der Waals surface area contributed by atoms with E-state index in [9.17, 15) is 49.7 Å². The van der Waals surface area contributed by atoms with E-state index < -0.39 is 81.8 Å². The van der Waals surface area contributed by atoms with Gasteiger partial charge in [-0.1, -0.05) is 125 Å². The van der Waals surface area contributed by atoms with Crippen molar-refractivity contribution in [3.05, 3.63) is 85.1 Å². The molecular weight excluding hydrogens is 819 g/mol. The number of allylic oxidation sites excluding steroid dienone is 12. The zero-order chi connectivity index (χ0) is 45.9. The minimum atomic E-state index is -5.16. The highest BCUT2D eigenvalue weighted by molar-refractivity contribution is 7.47. The molecule has 0 amide bonds. The Bertz CT molecular complexity index is 1420. The third-order valence-electron chi connectivity index (χ3n) is 9.79. The number of hydrogen-bond donors (Lipinski definition) is 7. The van der Waals surface area contributed by atoms with E-state index in [1.807, 2.05) is 24.3 Å². The lowest BCUT2D eigenvalue weighted by Gasteiger charge is -2.41. The summed E-state index contributed by atoms with van der Waals surface area (Å²) in [6.07, 6.45) is 29.5. The Morgan fingerprint density at radius 1 is 0.581 bits per heavy atom. The maximum Gasteiger partial charge on any atom is 0.472 e. The summed E-state index contributed by atoms with van der Waals surface area (Å²) in [6.45, 7) is 3.06. The molecule has 0 aromatic heterocycles. The van der Waals surface area contributed by atoms with Crippen LogP contribution in [0.5, 0.6) is 0 Å². The van der Waals surface area contributed by atoms with Crippen LogP contribution in [0.2, 0.25) is 0 Å². The molecule has 0 radical (unpaired) electrons. The predicted octanol–water partition coefficient (Wildman–Crippen LogP) is 7.47. The van der Waals surface area contributed by atoms with E-state index in [-0.39, 0.29) is 12.8 Å². The normalized spacial score (nSPS) is 23.2. The number of carbonyl (C=O) groups excluding carboxylic acids is 2. The lowest BCUT2D eigenvalue weighted by atomic mass is 9.85. The molecule has 7 N–H and O–H groups in total. The largest absolute Gasteiger partial charge is 0.472 e. The van der Waals surface area contributed by atoms with Crippen LogP contribution >= 0.6 is 7.82 Å². The third kappa shape index (κ3) is 28.6. The van der Waals surface area contributed by atoms with Gasteiger partial charge < -0.3 is 45.0 Å². The van der Waals surface area contributed by atoms with Crippen molar-refractivity contribution in [2.24, 2.45) is 0 Å². The van der Waals surface area contributed by atoms with Crippen molar-refractivity contribution < 1.29 is 68.2 Å². The van der Waals surface area contributed by atoms with Gasteiger partial charge in [0.1, 0.15) is 43.2 Å². The van der Waals surface area contributed by atoms with Crippen molar-refractivity contribution >= 4 is 19.8 Å². The summed E-state index contributed by atoms with van der Waals surface area (Å²) in [5.74, 6) is -1.28. The van der Waals surface area contributed by atoms with Crippen LogP contribution in [0.1, 0.15) is 136 Å². The fraction of sp³-hybridized carbons (Fsp3) is 0.660. The van der Waals surface area contributed by atoms with Crippen molar-refractivity contribution in [2.45, 2.75) is 185 Å². The van der Waals surface area contributed by atoms with Gasteiger partial charge in [-0.05, 0) is 83.5 Å². The van der Waals surface area contributed by atoms with Crippen molar-refractivity contribution in [1.82, 2.24) is 0 Å². The van der Waals surface area contributed by atoms with Gasteiger partial charge in [0.15, 0.2) is 6.10 Å². The van der Waals surface area contributed by atoms with Gasteiger partial charge in [0, 0.05) is 12.8 Å². The Kier molecular flexibility index (Phi) is 33.4. The molecule has 1 fully saturated rings. The molecular formula is C47H77O14P. The fourth-order valence-electron chi connectivity index (χ4n) is 6.07. The zero-order valence-electron chi connectivity index (χ0n) is 37.0. The average Bonchev–Trinajstić information content (AvgIpc) is 3.25. The van der Waals surface area contributed by atoms with Gasteiger partial charge >= 0.3 is 19.8 Å². The standard InChI is InChI=1S/C47H77O14P/c1-3-5-7-9-11-13-14-15-16-17-18-20-22-26-31-35-41(50)60-39(37-59-62(56,57)61-47-45(54)43(52)42(51)44(53)46(47)55)36-58-40(49)34-30-27-23-25-29-33-38(48)32-28-24-21-19-12-10-8-6-4-2/h11-13,15-16,18-20,23-25,28-29,33,38-39,42-48,51-55H,3-10,14,17,21-22,26-27,30-32,34-37H2,1-2H3,(H,56,57)/b13-11-,16-15-,19-12-,20-18-,25-23+,28-24-,33-29-/t38?,39-,42?,43-,44+,45-,46-,47?/m1/s1. The second kappa shape index (κ2) is 36.3. The number of phosphoric acid groups is 1. The molecule has 14 nitrogen and oxygen atoms in total. The van der Waals surface area contributed by atoms with Crippen LogP contribution in [0.15, 0.2) is 85.1 Å². The van der Waals surface area contributed by atoms with E-state index in [2.05, 4.69) is 56.4 Å². The van der Waals surface area contributed by atoms with Crippen molar-refractivity contribution in [3.8, 4) is 0 Å². The maximum atomic E-state index is 12.8. The Morgan fingerprint density at radius 2 is 1.06 bits per heavy atom. The number of phosphoric ester groups is 1. The molecule has 0 aromatic carbocycles. The molecule has 0 saturated heterocycles. The van der Waals surface area contributed by atoms with E-state index in [1.165, 1.54) is 38.5 Å². The van der Waals surface area contributed by atoms with E-state index in [0.717, 1.165) is 38.5 Å². The highest BCUT2D eigenvalue weighted by atomic mass is 31.2. The van der Waals surface area contributed by atoms with Crippen LogP contribution in [-0.2, 0) is 32.7 Å². The third-order valence-corrected chi connectivity index (χ3v) is 10.8. The van der Waals surface area contributed by atoms with Crippen LogP contribution in [-0.4, -0.2) is 110 Å². The van der Waals surface area contributed by atoms with Gasteiger partial charge in [0.05, 0.1) is 12.7 Å². The molecule has 0 bridgehead atoms. The molecule has 4 unspecified atom stereocenters. The molecule has 15 heteroatoms. The summed E-state index contributed by atoms with van der Waals surface area (Å²) in [5, 5.41) is 60.2. The number of esters is 2. The number of unbranched alkanes of at least 4 members (excludes halogenated alkanes) is 9. The van der Waals surface area contributed by atoms with Crippen molar-refractivity contribution in [2.75, 3.05) is 13.2 Å². The lowest BCUT2D eigenvalue weighted by molar-refractivity contribution is -0.220. The van der Waals surface area contributed by atoms with E-state index in [1.54, 1.807) is 18.2 Å². The summed E-state index contributed by atoms with van der Waals surface area (Å²) in [5.41, 5.74) is 0. The Hall–Kier alpha value is -3.01. The van der Waals surface area contributed by atoms with Crippen LogP contribution in [0, 0.1) is 0 Å². The summed E-state index contributed by atoms with van der Waals surface area (Å²) in [6, 6.07) is 0. The van der Waals surface area contributed by atoms with Crippen molar-refractivity contribution in [3.63, 3.8) is 0 Å². The van der Waals surface area contributed by atoms with Crippen LogP contribution in [0.25, 0.3) is 0 Å². The highest BCUT2D eigenvalue weighted by Gasteiger charge is 2.51. The molecule has 0 aliphatic heterocycles. The molecule has 1 aliphatic rings. The molecule has 1 saturated carbocycles. The van der Waals surface area contributed by atoms with Gasteiger partial charge in [0.2, 0.25) is 0 Å². The Morgan fingerprint density at radius 3 is 1.63 bits per heavy atom. The zero-order valence-corrected chi connectivity index (χ0v) is 37.9. The predicted molar refractivity (Wildman–Crippen MR) is 241 cm³/mol. The SMILES string of the molecule is CCCCC/C=C\C/C=C\C/C=C\CCCCC(=O)O[C@H](COC(=O)CCC/C=C/C=C\C(O)C/C=C\C/C=C\CCCCC)COP(=O)(O)OC1[C@H](O)[C@H](O)C(O)[C@H](O)[C@H]1O. The first kappa shape index (κ1) is 57.0. The van der Waals surface area contributed by atoms with E-state index >= 15 is 0 Å². The molecule has 1 rings (SSSR count). The second-order valence-corrected chi connectivity index (χ2v) is 16.8. The smallest absolute Gasteiger partial charge is 0.462 e. The van der Waals surface area contributed by atoms with E-state index in [0.29, 0.717) is 32.1 Å². The molecule has 354 valence electrons. The summed E-state index contributed by atoms with van der Waals surface area (Å²) >= 11 is 0. The highest BCUT2D eigenvalue weighted by Crippen LogP contribution is 2.47. The minimum absolute atomic E-state index is 0.0139. The van der Waals surface area contributed by atoms with Crippen LogP contribution in [0.3, 0.4) is 0 Å². The molecule has 9 atom stereocenters. The lowest BCUT2D eigenvalue weighted by Crippen LogP contribution is -2.64. The number of aliphatic hydroxyl groups excluding tert-OH is 6. The number of aliphatic hydroxyl groups is 6. The summed E-state index contributed by atoms with van der Waals surface area (Å²) in [7, 11) is -5.16. The van der Waals surface area contributed by atoms with Gasteiger partial charge in [-0.25, -0.2) is 4.57 Å². The molecule has 0 aromatic rings. The molecule has 62 heavy (non-hydrogen) atoms. The molecule has 0 spiro atoms. The average molecular weight is 897 g/mol. The summed E-state index contributed by atoms with van der Waals surface area (Å²) in [4.78, 5) is 35.6. The van der Waals surface area contributed by atoms with Gasteiger partial charge in [-0.15, -0.1) is 0 Å². The van der Waals surface area contributed by atoms with Gasteiger partial charge in [-0.3, -0.25) is 18.6 Å². The quantitative estimate of drug-likeness (QED) is 0.0108. The fourth-order valence-corrected chi connectivity index (χ4v) is 7.04. The van der Waals surface area contributed by atoms with E-state index in [4.69, 9.17) is 18.5 Å². The monoisotopic (exact) mass is 897 g/mol. The van der Waals surface area contributed by atoms with Crippen LogP contribution in [0.4, 0.5) is 0 Å². The minimum Gasteiger partial charge on any atom is -0.462 e. The maximum absolute atomic E-state index is 12.8. The number of carbonyl (C=O) groups is 2. The first-order valence-corrected chi connectivity index (χ1v) is 24.0.